The van der Waals surface area contributed by atoms with Gasteiger partial charge in [0.05, 0.1) is 19.0 Å². The molecule has 0 spiro atoms. The smallest absolute Gasteiger partial charge is 0.417 e. The zero-order valence-electron chi connectivity index (χ0n) is 10.4. The lowest BCUT2D eigenvalue weighted by Crippen LogP contribution is -2.61. The van der Waals surface area contributed by atoms with Gasteiger partial charge >= 0.3 is 12.1 Å². The van der Waals surface area contributed by atoms with Crippen molar-refractivity contribution in [2.24, 2.45) is 0 Å². The Bertz CT molecular complexity index is 392. The lowest BCUT2D eigenvalue weighted by Gasteiger charge is -2.29. The van der Waals surface area contributed by atoms with Gasteiger partial charge in [0, 0.05) is 13.6 Å². The largest absolute Gasteiger partial charge is 0.480 e. The van der Waals surface area contributed by atoms with E-state index >= 15 is 0 Å². The van der Waals surface area contributed by atoms with Crippen LogP contribution in [0.3, 0.4) is 0 Å². The third-order valence-corrected chi connectivity index (χ3v) is 2.57. The molecule has 1 unspecified atom stereocenters. The van der Waals surface area contributed by atoms with Crippen LogP contribution in [0.4, 0.5) is 13.2 Å². The van der Waals surface area contributed by atoms with Crippen LogP contribution in [0.15, 0.2) is 0 Å². The molecule has 0 bridgehead atoms. The Kier molecular flexibility index (Phi) is 5.77. The second-order valence-electron chi connectivity index (χ2n) is 4.00. The Balaban J connectivity index is 4.64. The average Bonchev–Trinajstić information content (AvgIpc) is 2.30. The SMILES string of the molecule is CN(CCC#N)C(=O)CNC(C)(C(=O)O)C(F)(F)F. The number of alkyl halides is 3. The quantitative estimate of drug-likeness (QED) is 0.733. The van der Waals surface area contributed by atoms with Gasteiger partial charge in [-0.05, 0) is 6.92 Å². The van der Waals surface area contributed by atoms with Crippen molar-refractivity contribution < 1.29 is 27.9 Å². The minimum Gasteiger partial charge on any atom is -0.480 e. The summed E-state index contributed by atoms with van der Waals surface area (Å²) in [6.07, 6.45) is -5.00. The third kappa shape index (κ3) is 4.40. The first-order chi connectivity index (χ1) is 8.56. The fourth-order valence-electron chi connectivity index (χ4n) is 1.03. The molecule has 1 atom stereocenters. The van der Waals surface area contributed by atoms with E-state index in [9.17, 15) is 22.8 Å². The molecule has 0 aliphatic carbocycles. The maximum absolute atomic E-state index is 12.6. The number of halogens is 3. The number of carbonyl (C=O) groups excluding carboxylic acids is 1. The average molecular weight is 281 g/mol. The van der Waals surface area contributed by atoms with Crippen LogP contribution >= 0.6 is 0 Å². The van der Waals surface area contributed by atoms with Gasteiger partial charge in [0.15, 0.2) is 0 Å². The molecule has 0 rings (SSSR count). The van der Waals surface area contributed by atoms with E-state index in [0.717, 1.165) is 4.90 Å². The summed E-state index contributed by atoms with van der Waals surface area (Å²) in [7, 11) is 1.31. The Morgan fingerprint density at radius 1 is 1.42 bits per heavy atom. The minimum atomic E-state index is -5.04. The van der Waals surface area contributed by atoms with Crippen molar-refractivity contribution in [3.8, 4) is 6.07 Å². The van der Waals surface area contributed by atoms with E-state index in [4.69, 9.17) is 10.4 Å². The number of carboxylic acid groups (broad SMARTS) is 1. The van der Waals surface area contributed by atoms with Crippen LogP contribution < -0.4 is 5.32 Å². The highest BCUT2D eigenvalue weighted by Gasteiger charge is 2.57. The van der Waals surface area contributed by atoms with Crippen molar-refractivity contribution in [2.45, 2.75) is 25.1 Å². The normalized spacial score (nSPS) is 14.3. The van der Waals surface area contributed by atoms with Gasteiger partial charge < -0.3 is 10.0 Å². The van der Waals surface area contributed by atoms with Gasteiger partial charge in [-0.2, -0.15) is 18.4 Å². The fourth-order valence-corrected chi connectivity index (χ4v) is 1.03. The second kappa shape index (κ2) is 6.38. The molecule has 0 aromatic carbocycles. The number of aliphatic carboxylic acids is 1. The lowest BCUT2D eigenvalue weighted by atomic mass is 10.0. The van der Waals surface area contributed by atoms with Crippen LogP contribution in [0.5, 0.6) is 0 Å². The van der Waals surface area contributed by atoms with E-state index < -0.39 is 30.1 Å². The topological polar surface area (TPSA) is 93.4 Å². The molecule has 1 amide bonds. The van der Waals surface area contributed by atoms with Crippen LogP contribution in [0.2, 0.25) is 0 Å². The van der Waals surface area contributed by atoms with Crippen molar-refractivity contribution in [1.29, 1.82) is 5.26 Å². The standard InChI is InChI=1S/C10H14F3N3O3/c1-9(8(18)19,10(11,12)13)15-6-7(17)16(2)5-3-4-14/h15H,3,5-6H2,1-2H3,(H,18,19). The van der Waals surface area contributed by atoms with Gasteiger partial charge in [0.2, 0.25) is 11.4 Å². The van der Waals surface area contributed by atoms with E-state index in [2.05, 4.69) is 0 Å². The van der Waals surface area contributed by atoms with Crippen molar-refractivity contribution >= 4 is 11.9 Å². The second-order valence-corrected chi connectivity index (χ2v) is 4.00. The number of hydrogen-bond donors (Lipinski definition) is 2. The highest BCUT2D eigenvalue weighted by atomic mass is 19.4. The van der Waals surface area contributed by atoms with E-state index in [-0.39, 0.29) is 13.0 Å². The molecule has 6 nitrogen and oxygen atoms in total. The van der Waals surface area contributed by atoms with E-state index in [1.165, 1.54) is 7.05 Å². The van der Waals surface area contributed by atoms with Crippen molar-refractivity contribution in [1.82, 2.24) is 10.2 Å². The molecule has 2 N–H and O–H groups in total. The van der Waals surface area contributed by atoms with Crippen LogP contribution in [-0.4, -0.2) is 53.7 Å². The Hall–Kier alpha value is -1.82. The van der Waals surface area contributed by atoms with Crippen molar-refractivity contribution in [2.75, 3.05) is 20.1 Å². The summed E-state index contributed by atoms with van der Waals surface area (Å²) in [6.45, 7) is -0.283. The number of hydrogen-bond acceptors (Lipinski definition) is 4. The Morgan fingerprint density at radius 3 is 2.32 bits per heavy atom. The van der Waals surface area contributed by atoms with Gasteiger partial charge in [-0.1, -0.05) is 0 Å². The lowest BCUT2D eigenvalue weighted by molar-refractivity contribution is -0.205. The number of likely N-dealkylation sites (N-methyl/N-ethyl adjacent to an activating group) is 1. The number of carboxylic acids is 1. The maximum Gasteiger partial charge on any atom is 0.417 e. The van der Waals surface area contributed by atoms with Crippen molar-refractivity contribution in [3.05, 3.63) is 0 Å². The molecule has 0 saturated carbocycles. The van der Waals surface area contributed by atoms with Gasteiger partial charge in [0.25, 0.3) is 0 Å². The number of rotatable bonds is 6. The summed E-state index contributed by atoms with van der Waals surface area (Å²) in [4.78, 5) is 23.2. The highest BCUT2D eigenvalue weighted by molar-refractivity contribution is 5.82. The fraction of sp³-hybridized carbons (Fsp3) is 0.700. The molecule has 0 heterocycles. The molecule has 0 aromatic rings. The summed E-state index contributed by atoms with van der Waals surface area (Å²) in [6, 6.07) is 1.78. The first-order valence-electron chi connectivity index (χ1n) is 5.22. The van der Waals surface area contributed by atoms with Crippen LogP contribution in [0.1, 0.15) is 13.3 Å². The summed E-state index contributed by atoms with van der Waals surface area (Å²) < 4.78 is 37.8. The van der Waals surface area contributed by atoms with Crippen LogP contribution in [0.25, 0.3) is 0 Å². The summed E-state index contributed by atoms with van der Waals surface area (Å²) >= 11 is 0. The zero-order valence-corrected chi connectivity index (χ0v) is 10.4. The number of carbonyl (C=O) groups is 2. The molecule has 0 saturated heterocycles. The monoisotopic (exact) mass is 281 g/mol. The van der Waals surface area contributed by atoms with Crippen LogP contribution in [0, 0.1) is 11.3 Å². The number of nitriles is 1. The summed E-state index contributed by atoms with van der Waals surface area (Å²) in [5, 5.41) is 18.6. The number of amides is 1. The highest BCUT2D eigenvalue weighted by Crippen LogP contribution is 2.30. The molecule has 0 radical (unpaired) electrons. The van der Waals surface area contributed by atoms with Gasteiger partial charge in [-0.3, -0.25) is 10.1 Å². The summed E-state index contributed by atoms with van der Waals surface area (Å²) in [5.41, 5.74) is -3.20. The Morgan fingerprint density at radius 2 is 1.95 bits per heavy atom. The number of nitrogens with zero attached hydrogens (tertiary/aromatic N) is 2. The number of nitrogens with one attached hydrogen (secondary N) is 1. The molecule has 108 valence electrons. The van der Waals surface area contributed by atoms with Gasteiger partial charge in [-0.15, -0.1) is 0 Å². The van der Waals surface area contributed by atoms with Gasteiger partial charge in [-0.25, -0.2) is 4.79 Å². The first kappa shape index (κ1) is 17.2. The third-order valence-electron chi connectivity index (χ3n) is 2.57. The van der Waals surface area contributed by atoms with E-state index in [1.54, 1.807) is 11.4 Å². The summed E-state index contributed by atoms with van der Waals surface area (Å²) in [5.74, 6) is -2.85. The molecule has 0 aliphatic rings. The molecule has 0 aromatic heterocycles. The zero-order chi connectivity index (χ0) is 15.3. The van der Waals surface area contributed by atoms with E-state index in [1.807, 2.05) is 0 Å². The maximum atomic E-state index is 12.6. The molecular formula is C10H14F3N3O3. The molecular weight excluding hydrogens is 267 g/mol. The van der Waals surface area contributed by atoms with Crippen molar-refractivity contribution in [3.63, 3.8) is 0 Å². The first-order valence-corrected chi connectivity index (χ1v) is 5.22. The molecule has 0 fully saturated rings. The molecule has 19 heavy (non-hydrogen) atoms. The van der Waals surface area contributed by atoms with Gasteiger partial charge in [0.1, 0.15) is 0 Å². The minimum absolute atomic E-state index is 0.0394. The predicted octanol–water partition coefficient (Wildman–Crippen LogP) is 0.354. The molecule has 0 aliphatic heterocycles. The Labute approximate surface area is 107 Å². The van der Waals surface area contributed by atoms with Crippen LogP contribution in [-0.2, 0) is 9.59 Å². The predicted molar refractivity (Wildman–Crippen MR) is 58.0 cm³/mol. The van der Waals surface area contributed by atoms with E-state index in [0.29, 0.717) is 6.92 Å². The molecule has 9 heteroatoms.